The van der Waals surface area contributed by atoms with E-state index in [-0.39, 0.29) is 5.91 Å². The molecule has 1 saturated heterocycles. The van der Waals surface area contributed by atoms with Gasteiger partial charge < -0.3 is 14.9 Å². The summed E-state index contributed by atoms with van der Waals surface area (Å²) in [6.07, 6.45) is 4.39. The van der Waals surface area contributed by atoms with Crippen molar-refractivity contribution in [2.24, 2.45) is 0 Å². The highest BCUT2D eigenvalue weighted by molar-refractivity contribution is 5.79. The number of amides is 1. The summed E-state index contributed by atoms with van der Waals surface area (Å²) in [6, 6.07) is 1.04. The van der Waals surface area contributed by atoms with Gasteiger partial charge in [0.25, 0.3) is 0 Å². The number of nitrogens with zero attached hydrogens (tertiary/aromatic N) is 2. The Hall–Kier alpha value is -0.610. The predicted octanol–water partition coefficient (Wildman–Crippen LogP) is 0.452. The molecule has 0 bridgehead atoms. The summed E-state index contributed by atoms with van der Waals surface area (Å²) < 4.78 is 0. The van der Waals surface area contributed by atoms with Crippen LogP contribution in [0.1, 0.15) is 32.1 Å². The van der Waals surface area contributed by atoms with Crippen molar-refractivity contribution in [1.82, 2.24) is 9.80 Å². The Labute approximate surface area is 97.2 Å². The lowest BCUT2D eigenvalue weighted by Gasteiger charge is -2.37. The SMILES string of the molecule is CN(C)C1CCC(N2CC(O)CC2=O)CC1. The van der Waals surface area contributed by atoms with Gasteiger partial charge in [0.15, 0.2) is 0 Å². The number of carbonyl (C=O) groups is 1. The molecule has 1 saturated carbocycles. The van der Waals surface area contributed by atoms with Crippen LogP contribution < -0.4 is 0 Å². The Morgan fingerprint density at radius 1 is 1.25 bits per heavy atom. The Kier molecular flexibility index (Phi) is 3.50. The summed E-state index contributed by atoms with van der Waals surface area (Å²) in [5.41, 5.74) is 0. The van der Waals surface area contributed by atoms with Gasteiger partial charge in [-0.25, -0.2) is 0 Å². The molecule has 2 fully saturated rings. The standard InChI is InChI=1S/C12H22N2O2/c1-13(2)9-3-5-10(6-4-9)14-8-11(15)7-12(14)16/h9-11,15H,3-8H2,1-2H3. The highest BCUT2D eigenvalue weighted by Crippen LogP contribution is 2.28. The van der Waals surface area contributed by atoms with E-state index in [2.05, 4.69) is 19.0 Å². The number of hydrogen-bond donors (Lipinski definition) is 1. The molecule has 1 heterocycles. The van der Waals surface area contributed by atoms with Crippen LogP contribution in [0, 0.1) is 0 Å². The number of aliphatic hydroxyl groups is 1. The Balaban J connectivity index is 1.87. The van der Waals surface area contributed by atoms with Crippen LogP contribution in [0.4, 0.5) is 0 Å². The van der Waals surface area contributed by atoms with Gasteiger partial charge in [-0.1, -0.05) is 0 Å². The predicted molar refractivity (Wildman–Crippen MR) is 62.1 cm³/mol. The topological polar surface area (TPSA) is 43.8 Å². The van der Waals surface area contributed by atoms with Crippen molar-refractivity contribution in [2.75, 3.05) is 20.6 Å². The number of β-amino-alcohol motifs (C(OH)–C–C–N with tert-alkyl or cyclic N) is 1. The third-order valence-electron chi connectivity index (χ3n) is 3.98. The van der Waals surface area contributed by atoms with E-state index in [1.54, 1.807) is 0 Å². The largest absolute Gasteiger partial charge is 0.391 e. The van der Waals surface area contributed by atoms with Gasteiger partial charge in [0.05, 0.1) is 12.5 Å². The molecule has 1 unspecified atom stereocenters. The van der Waals surface area contributed by atoms with Gasteiger partial charge in [-0.05, 0) is 39.8 Å². The van der Waals surface area contributed by atoms with Gasteiger partial charge in [0.2, 0.25) is 5.91 Å². The zero-order valence-corrected chi connectivity index (χ0v) is 10.2. The fourth-order valence-electron chi connectivity index (χ4n) is 2.95. The molecule has 0 aromatic heterocycles. The van der Waals surface area contributed by atoms with Crippen LogP contribution >= 0.6 is 0 Å². The van der Waals surface area contributed by atoms with Crippen LogP contribution in [-0.4, -0.2) is 59.6 Å². The first kappa shape index (κ1) is 11.9. The quantitative estimate of drug-likeness (QED) is 0.743. The number of aliphatic hydroxyl groups excluding tert-OH is 1. The van der Waals surface area contributed by atoms with E-state index in [1.807, 2.05) is 4.90 Å². The first-order valence-corrected chi connectivity index (χ1v) is 6.22. The van der Waals surface area contributed by atoms with Gasteiger partial charge in [0, 0.05) is 18.6 Å². The normalized spacial score (nSPS) is 36.1. The molecule has 0 spiro atoms. The average Bonchev–Trinajstić information content (AvgIpc) is 2.58. The van der Waals surface area contributed by atoms with Gasteiger partial charge in [-0.15, -0.1) is 0 Å². The van der Waals surface area contributed by atoms with E-state index in [4.69, 9.17) is 0 Å². The highest BCUT2D eigenvalue weighted by atomic mass is 16.3. The molecule has 1 aliphatic heterocycles. The van der Waals surface area contributed by atoms with E-state index in [9.17, 15) is 9.90 Å². The summed E-state index contributed by atoms with van der Waals surface area (Å²) in [5.74, 6) is 0.140. The summed E-state index contributed by atoms with van der Waals surface area (Å²) in [4.78, 5) is 15.8. The highest BCUT2D eigenvalue weighted by Gasteiger charge is 2.35. The molecule has 0 aromatic rings. The van der Waals surface area contributed by atoms with Crippen molar-refractivity contribution in [3.05, 3.63) is 0 Å². The number of carbonyl (C=O) groups excluding carboxylic acids is 1. The van der Waals surface area contributed by atoms with E-state index >= 15 is 0 Å². The Morgan fingerprint density at radius 2 is 1.88 bits per heavy atom. The van der Waals surface area contributed by atoms with Crippen molar-refractivity contribution >= 4 is 5.91 Å². The molecule has 1 atom stereocenters. The maximum Gasteiger partial charge on any atom is 0.225 e. The number of rotatable bonds is 2. The van der Waals surface area contributed by atoms with Crippen LogP contribution in [0.3, 0.4) is 0 Å². The number of likely N-dealkylation sites (tertiary alicyclic amines) is 1. The molecule has 92 valence electrons. The second-order valence-electron chi connectivity index (χ2n) is 5.33. The second-order valence-corrected chi connectivity index (χ2v) is 5.33. The minimum Gasteiger partial charge on any atom is -0.391 e. The van der Waals surface area contributed by atoms with E-state index < -0.39 is 6.10 Å². The van der Waals surface area contributed by atoms with Crippen molar-refractivity contribution in [3.8, 4) is 0 Å². The molecule has 1 N–H and O–H groups in total. The molecular weight excluding hydrogens is 204 g/mol. The van der Waals surface area contributed by atoms with Gasteiger partial charge >= 0.3 is 0 Å². The molecule has 1 aliphatic carbocycles. The summed E-state index contributed by atoms with van der Waals surface area (Å²) in [5, 5.41) is 9.47. The molecule has 4 nitrogen and oxygen atoms in total. The molecule has 16 heavy (non-hydrogen) atoms. The first-order valence-electron chi connectivity index (χ1n) is 6.22. The maximum absolute atomic E-state index is 11.7. The summed E-state index contributed by atoms with van der Waals surface area (Å²) in [6.45, 7) is 0.552. The van der Waals surface area contributed by atoms with Gasteiger partial charge in [-0.3, -0.25) is 4.79 Å². The van der Waals surface area contributed by atoms with Gasteiger partial charge in [0.1, 0.15) is 0 Å². The fraction of sp³-hybridized carbons (Fsp3) is 0.917. The number of hydrogen-bond acceptors (Lipinski definition) is 3. The molecule has 4 heteroatoms. The average molecular weight is 226 g/mol. The fourth-order valence-corrected chi connectivity index (χ4v) is 2.95. The van der Waals surface area contributed by atoms with Crippen LogP contribution in [0.2, 0.25) is 0 Å². The van der Waals surface area contributed by atoms with Crippen LogP contribution in [-0.2, 0) is 4.79 Å². The lowest BCUT2D eigenvalue weighted by Crippen LogP contribution is -2.43. The van der Waals surface area contributed by atoms with Crippen LogP contribution in [0.25, 0.3) is 0 Å². The monoisotopic (exact) mass is 226 g/mol. The van der Waals surface area contributed by atoms with E-state index in [0.29, 0.717) is 25.0 Å². The van der Waals surface area contributed by atoms with Crippen molar-refractivity contribution < 1.29 is 9.90 Å². The maximum atomic E-state index is 11.7. The third-order valence-corrected chi connectivity index (χ3v) is 3.98. The second kappa shape index (κ2) is 4.72. The molecular formula is C12H22N2O2. The molecule has 0 radical (unpaired) electrons. The first-order chi connectivity index (χ1) is 7.58. The van der Waals surface area contributed by atoms with E-state index in [0.717, 1.165) is 25.7 Å². The lowest BCUT2D eigenvalue weighted by atomic mass is 9.90. The van der Waals surface area contributed by atoms with Crippen molar-refractivity contribution in [2.45, 2.75) is 50.3 Å². The Morgan fingerprint density at radius 3 is 2.31 bits per heavy atom. The molecule has 0 aromatic carbocycles. The van der Waals surface area contributed by atoms with Gasteiger partial charge in [-0.2, -0.15) is 0 Å². The summed E-state index contributed by atoms with van der Waals surface area (Å²) in [7, 11) is 4.24. The van der Waals surface area contributed by atoms with E-state index in [1.165, 1.54) is 0 Å². The molecule has 2 aliphatic rings. The van der Waals surface area contributed by atoms with Crippen LogP contribution in [0.15, 0.2) is 0 Å². The third kappa shape index (κ3) is 2.38. The zero-order valence-electron chi connectivity index (χ0n) is 10.2. The molecule has 1 amide bonds. The summed E-state index contributed by atoms with van der Waals surface area (Å²) >= 11 is 0. The van der Waals surface area contributed by atoms with Crippen molar-refractivity contribution in [3.63, 3.8) is 0 Å². The molecule has 2 rings (SSSR count). The lowest BCUT2D eigenvalue weighted by molar-refractivity contribution is -0.130. The minimum absolute atomic E-state index is 0.140. The van der Waals surface area contributed by atoms with Crippen LogP contribution in [0.5, 0.6) is 0 Å². The Bertz CT molecular complexity index is 260. The zero-order chi connectivity index (χ0) is 11.7. The van der Waals surface area contributed by atoms with Crippen molar-refractivity contribution in [1.29, 1.82) is 0 Å². The minimum atomic E-state index is -0.431. The smallest absolute Gasteiger partial charge is 0.225 e.